The molecule has 5 nitrogen and oxygen atoms in total. The number of carbonyl (C=O) groups is 1. The first-order valence-electron chi connectivity index (χ1n) is 6.30. The monoisotopic (exact) mass is 264 g/mol. The molecule has 2 saturated heterocycles. The van der Waals surface area contributed by atoms with Crippen LogP contribution in [0.1, 0.15) is 25.2 Å². The molecule has 3 rings (SSSR count). The smallest absolute Gasteiger partial charge is 0.309 e. The molecule has 2 fully saturated rings. The molecule has 0 aliphatic carbocycles. The second-order valence-electron chi connectivity index (χ2n) is 5.15. The molecule has 1 aromatic carbocycles. The molecule has 102 valence electrons. The molecule has 1 unspecified atom stereocenters. The lowest BCUT2D eigenvalue weighted by molar-refractivity contribution is -0.172. The number of rotatable bonds is 3. The zero-order valence-electron chi connectivity index (χ0n) is 10.6. The Hall–Kier alpha value is -1.43. The Morgan fingerprint density at radius 3 is 2.89 bits per heavy atom. The third kappa shape index (κ3) is 2.25. The standard InChI is InChI=1S/C14H16O5/c1-14-7-11(15)19-12(14)10(8-17-14)18-13(16)9-5-3-2-4-6-9/h2-6,10,12-13,16H,7-8H2,1H3/t10-,12+,13?,14+/m0/s1. The lowest BCUT2D eigenvalue weighted by Gasteiger charge is -2.23. The Labute approximate surface area is 111 Å². The topological polar surface area (TPSA) is 65.0 Å². The fourth-order valence-corrected chi connectivity index (χ4v) is 2.63. The van der Waals surface area contributed by atoms with Crippen LogP contribution in [0.15, 0.2) is 30.3 Å². The van der Waals surface area contributed by atoms with E-state index in [0.29, 0.717) is 12.2 Å². The number of aliphatic hydroxyl groups excluding tert-OH is 1. The molecular weight excluding hydrogens is 248 g/mol. The van der Waals surface area contributed by atoms with E-state index in [2.05, 4.69) is 0 Å². The van der Waals surface area contributed by atoms with Crippen molar-refractivity contribution in [3.05, 3.63) is 35.9 Å². The minimum absolute atomic E-state index is 0.235. The van der Waals surface area contributed by atoms with Crippen molar-refractivity contribution in [3.63, 3.8) is 0 Å². The van der Waals surface area contributed by atoms with Crippen molar-refractivity contribution >= 4 is 5.97 Å². The maximum atomic E-state index is 11.3. The third-order valence-electron chi connectivity index (χ3n) is 3.66. The van der Waals surface area contributed by atoms with Crippen molar-refractivity contribution < 1.29 is 24.1 Å². The molecule has 0 bridgehead atoms. The van der Waals surface area contributed by atoms with Crippen LogP contribution in [0.5, 0.6) is 0 Å². The summed E-state index contributed by atoms with van der Waals surface area (Å²) in [6, 6.07) is 9.07. The highest BCUT2D eigenvalue weighted by Gasteiger charge is 2.56. The second-order valence-corrected chi connectivity index (χ2v) is 5.15. The van der Waals surface area contributed by atoms with Gasteiger partial charge in [-0.1, -0.05) is 30.3 Å². The first-order valence-corrected chi connectivity index (χ1v) is 6.30. The Morgan fingerprint density at radius 1 is 1.42 bits per heavy atom. The molecule has 1 aromatic rings. The van der Waals surface area contributed by atoms with E-state index in [9.17, 15) is 9.90 Å². The van der Waals surface area contributed by atoms with E-state index < -0.39 is 24.1 Å². The highest BCUT2D eigenvalue weighted by atomic mass is 16.7. The number of hydrogen-bond donors (Lipinski definition) is 1. The molecule has 0 saturated carbocycles. The predicted octanol–water partition coefficient (Wildman–Crippen LogP) is 1.17. The lowest BCUT2D eigenvalue weighted by atomic mass is 9.97. The number of aliphatic hydroxyl groups is 1. The molecule has 0 radical (unpaired) electrons. The van der Waals surface area contributed by atoms with Crippen LogP contribution in [0.2, 0.25) is 0 Å². The number of fused-ring (bicyclic) bond motifs is 1. The van der Waals surface area contributed by atoms with Crippen LogP contribution < -0.4 is 0 Å². The van der Waals surface area contributed by atoms with Crippen molar-refractivity contribution in [3.8, 4) is 0 Å². The summed E-state index contributed by atoms with van der Waals surface area (Å²) < 4.78 is 16.4. The molecule has 2 aliphatic heterocycles. The average Bonchev–Trinajstić information content (AvgIpc) is 2.85. The number of esters is 1. The molecule has 0 aromatic heterocycles. The van der Waals surface area contributed by atoms with Crippen molar-refractivity contribution in [2.45, 2.75) is 37.4 Å². The van der Waals surface area contributed by atoms with E-state index in [1.54, 1.807) is 12.1 Å². The predicted molar refractivity (Wildman–Crippen MR) is 65.1 cm³/mol. The van der Waals surface area contributed by atoms with Crippen molar-refractivity contribution in [1.82, 2.24) is 0 Å². The Bertz CT molecular complexity index is 474. The summed E-state index contributed by atoms with van der Waals surface area (Å²) in [5, 5.41) is 10.0. The van der Waals surface area contributed by atoms with Gasteiger partial charge in [-0.15, -0.1) is 0 Å². The van der Waals surface area contributed by atoms with Gasteiger partial charge in [0.2, 0.25) is 0 Å². The molecule has 2 aliphatic rings. The summed E-state index contributed by atoms with van der Waals surface area (Å²) in [6.07, 6.45) is -1.69. The zero-order valence-corrected chi connectivity index (χ0v) is 10.6. The van der Waals surface area contributed by atoms with Gasteiger partial charge in [0.1, 0.15) is 11.7 Å². The number of carbonyl (C=O) groups excluding carboxylic acids is 1. The van der Waals surface area contributed by atoms with Crippen molar-refractivity contribution in [1.29, 1.82) is 0 Å². The van der Waals surface area contributed by atoms with Crippen LogP contribution in [-0.4, -0.2) is 35.5 Å². The lowest BCUT2D eigenvalue weighted by Crippen LogP contribution is -2.38. The zero-order chi connectivity index (χ0) is 13.5. The van der Waals surface area contributed by atoms with Gasteiger partial charge in [-0.05, 0) is 6.92 Å². The Kier molecular flexibility index (Phi) is 3.05. The Balaban J connectivity index is 1.70. The minimum Gasteiger partial charge on any atom is -0.456 e. The van der Waals surface area contributed by atoms with Crippen LogP contribution in [0.4, 0.5) is 0 Å². The molecule has 0 amide bonds. The average molecular weight is 264 g/mol. The minimum atomic E-state index is -1.04. The van der Waals surface area contributed by atoms with Gasteiger partial charge in [-0.25, -0.2) is 0 Å². The summed E-state index contributed by atoms with van der Waals surface area (Å²) >= 11 is 0. The first kappa shape index (κ1) is 12.6. The molecule has 5 heteroatoms. The summed E-state index contributed by atoms with van der Waals surface area (Å²) in [7, 11) is 0. The van der Waals surface area contributed by atoms with E-state index in [0.717, 1.165) is 0 Å². The maximum absolute atomic E-state index is 11.3. The molecule has 4 atom stereocenters. The van der Waals surface area contributed by atoms with Gasteiger partial charge in [0.15, 0.2) is 12.4 Å². The molecular formula is C14H16O5. The Morgan fingerprint density at radius 2 is 2.16 bits per heavy atom. The van der Waals surface area contributed by atoms with E-state index >= 15 is 0 Å². The molecule has 2 heterocycles. The highest BCUT2D eigenvalue weighted by Crippen LogP contribution is 2.40. The SMILES string of the molecule is C[C@@]12CC(=O)O[C@@H]1[C@@H](OC(O)c1ccccc1)CO2. The van der Waals surface area contributed by atoms with Gasteiger partial charge in [0.25, 0.3) is 0 Å². The quantitative estimate of drug-likeness (QED) is 0.655. The van der Waals surface area contributed by atoms with Gasteiger partial charge in [-0.3, -0.25) is 4.79 Å². The summed E-state index contributed by atoms with van der Waals surface area (Å²) in [4.78, 5) is 11.3. The summed E-state index contributed by atoms with van der Waals surface area (Å²) in [5.74, 6) is -0.282. The third-order valence-corrected chi connectivity index (χ3v) is 3.66. The van der Waals surface area contributed by atoms with E-state index in [1.807, 2.05) is 25.1 Å². The fourth-order valence-electron chi connectivity index (χ4n) is 2.63. The van der Waals surface area contributed by atoms with E-state index in [1.165, 1.54) is 0 Å². The van der Waals surface area contributed by atoms with Gasteiger partial charge in [0, 0.05) is 5.56 Å². The first-order chi connectivity index (χ1) is 9.08. The largest absolute Gasteiger partial charge is 0.456 e. The maximum Gasteiger partial charge on any atom is 0.309 e. The number of benzene rings is 1. The molecule has 0 spiro atoms. The van der Waals surface area contributed by atoms with Crippen LogP contribution in [0, 0.1) is 0 Å². The van der Waals surface area contributed by atoms with Crippen molar-refractivity contribution in [2.24, 2.45) is 0 Å². The number of hydrogen-bond acceptors (Lipinski definition) is 5. The van der Waals surface area contributed by atoms with Gasteiger partial charge < -0.3 is 19.3 Å². The summed E-state index contributed by atoms with van der Waals surface area (Å²) in [5.41, 5.74) is 0.0402. The van der Waals surface area contributed by atoms with Crippen LogP contribution in [0.3, 0.4) is 0 Å². The van der Waals surface area contributed by atoms with Crippen LogP contribution in [0.25, 0.3) is 0 Å². The van der Waals surface area contributed by atoms with Crippen molar-refractivity contribution in [2.75, 3.05) is 6.61 Å². The normalized spacial score (nSPS) is 34.9. The summed E-state index contributed by atoms with van der Waals surface area (Å²) in [6.45, 7) is 2.15. The second kappa shape index (κ2) is 4.59. The molecule has 1 N–H and O–H groups in total. The molecule has 19 heavy (non-hydrogen) atoms. The van der Waals surface area contributed by atoms with E-state index in [4.69, 9.17) is 14.2 Å². The van der Waals surface area contributed by atoms with Crippen LogP contribution in [-0.2, 0) is 19.0 Å². The van der Waals surface area contributed by atoms with Gasteiger partial charge >= 0.3 is 5.97 Å². The van der Waals surface area contributed by atoms with Crippen LogP contribution >= 0.6 is 0 Å². The van der Waals surface area contributed by atoms with Gasteiger partial charge in [-0.2, -0.15) is 0 Å². The highest BCUT2D eigenvalue weighted by molar-refractivity contribution is 5.74. The number of ether oxygens (including phenoxy) is 3. The van der Waals surface area contributed by atoms with Gasteiger partial charge in [0.05, 0.1) is 13.0 Å². The fraction of sp³-hybridized carbons (Fsp3) is 0.500. The van der Waals surface area contributed by atoms with E-state index in [-0.39, 0.29) is 12.4 Å².